The van der Waals surface area contributed by atoms with Gasteiger partial charge in [0.25, 0.3) is 0 Å². The zero-order chi connectivity index (χ0) is 12.4. The third-order valence-electron chi connectivity index (χ3n) is 2.69. The molecule has 0 spiro atoms. The number of nitrogens with zero attached hydrogens (tertiary/aromatic N) is 2. The van der Waals surface area contributed by atoms with E-state index in [1.807, 2.05) is 60.9 Å². The third-order valence-corrected chi connectivity index (χ3v) is 2.93. The standard InChI is InChI=1S/C15H11ClN2/c16-12-4-3-5-13(10-12)17-14-7-9-18-8-2-1-6-15(18)11-14/h1-11H. The summed E-state index contributed by atoms with van der Waals surface area (Å²) in [5, 5.41) is 1.62. The van der Waals surface area contributed by atoms with Crippen LogP contribution in [0.4, 0.5) is 5.69 Å². The van der Waals surface area contributed by atoms with Gasteiger partial charge in [0.2, 0.25) is 0 Å². The lowest BCUT2D eigenvalue weighted by atomic mass is 10.3. The smallest absolute Gasteiger partial charge is 0.0672 e. The van der Waals surface area contributed by atoms with Gasteiger partial charge in [-0.15, -0.1) is 0 Å². The maximum Gasteiger partial charge on any atom is 0.0672 e. The van der Waals surface area contributed by atoms with Crippen LogP contribution in [-0.4, -0.2) is 4.40 Å². The lowest BCUT2D eigenvalue weighted by Crippen LogP contribution is -2.01. The van der Waals surface area contributed by atoms with Crippen molar-refractivity contribution in [2.24, 2.45) is 4.99 Å². The number of benzene rings is 1. The van der Waals surface area contributed by atoms with E-state index in [4.69, 9.17) is 11.6 Å². The second kappa shape index (κ2) is 4.67. The van der Waals surface area contributed by atoms with Crippen molar-refractivity contribution in [3.05, 3.63) is 77.4 Å². The Morgan fingerprint density at radius 1 is 0.889 bits per heavy atom. The van der Waals surface area contributed by atoms with Crippen LogP contribution in [0.15, 0.2) is 72.0 Å². The monoisotopic (exact) mass is 254 g/mol. The van der Waals surface area contributed by atoms with Gasteiger partial charge in [0, 0.05) is 22.9 Å². The van der Waals surface area contributed by atoms with Crippen LogP contribution in [0.1, 0.15) is 0 Å². The van der Waals surface area contributed by atoms with Crippen LogP contribution < -0.4 is 5.36 Å². The van der Waals surface area contributed by atoms with Crippen LogP contribution in [0, 0.1) is 0 Å². The van der Waals surface area contributed by atoms with Crippen molar-refractivity contribution in [3.8, 4) is 0 Å². The van der Waals surface area contributed by atoms with E-state index in [-0.39, 0.29) is 0 Å². The molecule has 2 heterocycles. The van der Waals surface area contributed by atoms with Crippen LogP contribution in [-0.2, 0) is 0 Å². The predicted molar refractivity (Wildman–Crippen MR) is 74.1 cm³/mol. The van der Waals surface area contributed by atoms with Gasteiger partial charge in [-0.25, -0.2) is 4.99 Å². The summed E-state index contributed by atoms with van der Waals surface area (Å²) in [6, 6.07) is 17.6. The second-order valence-electron chi connectivity index (χ2n) is 4.01. The zero-order valence-corrected chi connectivity index (χ0v) is 10.4. The summed E-state index contributed by atoms with van der Waals surface area (Å²) >= 11 is 5.94. The van der Waals surface area contributed by atoms with Crippen molar-refractivity contribution in [2.45, 2.75) is 0 Å². The molecule has 0 saturated carbocycles. The number of halogens is 1. The summed E-state index contributed by atoms with van der Waals surface area (Å²) in [5.41, 5.74) is 1.98. The molecule has 0 fully saturated rings. The topological polar surface area (TPSA) is 16.8 Å². The Hall–Kier alpha value is -2.06. The molecule has 2 nitrogen and oxygen atoms in total. The molecule has 0 aliphatic heterocycles. The summed E-state index contributed by atoms with van der Waals surface area (Å²) in [4.78, 5) is 4.55. The summed E-state index contributed by atoms with van der Waals surface area (Å²) in [7, 11) is 0. The van der Waals surface area contributed by atoms with Crippen LogP contribution in [0.2, 0.25) is 5.02 Å². The molecule has 0 radical (unpaired) electrons. The van der Waals surface area contributed by atoms with Crippen molar-refractivity contribution >= 4 is 22.8 Å². The first-order chi connectivity index (χ1) is 8.81. The van der Waals surface area contributed by atoms with Crippen LogP contribution in [0.5, 0.6) is 0 Å². The summed E-state index contributed by atoms with van der Waals surface area (Å²) in [6.07, 6.45) is 4.01. The van der Waals surface area contributed by atoms with E-state index in [9.17, 15) is 0 Å². The number of hydrogen-bond donors (Lipinski definition) is 0. The third kappa shape index (κ3) is 2.29. The minimum atomic E-state index is 0.700. The van der Waals surface area contributed by atoms with Gasteiger partial charge >= 0.3 is 0 Å². The van der Waals surface area contributed by atoms with Crippen molar-refractivity contribution < 1.29 is 0 Å². The molecule has 3 rings (SSSR count). The Labute approximate surface area is 110 Å². The first-order valence-electron chi connectivity index (χ1n) is 5.69. The molecule has 0 amide bonds. The average Bonchev–Trinajstić information content (AvgIpc) is 2.39. The van der Waals surface area contributed by atoms with Gasteiger partial charge in [0.05, 0.1) is 11.0 Å². The molecule has 0 aliphatic carbocycles. The molecule has 0 unspecified atom stereocenters. The number of aromatic nitrogens is 1. The molecule has 3 heteroatoms. The molecule has 2 aromatic heterocycles. The Morgan fingerprint density at radius 3 is 2.72 bits per heavy atom. The van der Waals surface area contributed by atoms with E-state index in [1.165, 1.54) is 0 Å². The van der Waals surface area contributed by atoms with Gasteiger partial charge in [0.15, 0.2) is 0 Å². The second-order valence-corrected chi connectivity index (χ2v) is 4.45. The highest BCUT2D eigenvalue weighted by molar-refractivity contribution is 6.30. The fraction of sp³-hybridized carbons (Fsp3) is 0. The molecule has 0 aliphatic rings. The van der Waals surface area contributed by atoms with Crippen LogP contribution >= 0.6 is 11.6 Å². The van der Waals surface area contributed by atoms with E-state index in [2.05, 4.69) is 15.5 Å². The molecule has 3 aromatic rings. The molecule has 0 N–H and O–H groups in total. The van der Waals surface area contributed by atoms with Gasteiger partial charge in [-0.2, -0.15) is 0 Å². The minimum Gasteiger partial charge on any atom is -0.324 e. The van der Waals surface area contributed by atoms with Gasteiger partial charge in [-0.3, -0.25) is 0 Å². The minimum absolute atomic E-state index is 0.700. The van der Waals surface area contributed by atoms with Crippen molar-refractivity contribution in [1.29, 1.82) is 0 Å². The van der Waals surface area contributed by atoms with Crippen molar-refractivity contribution in [3.63, 3.8) is 0 Å². The largest absolute Gasteiger partial charge is 0.324 e. The summed E-state index contributed by atoms with van der Waals surface area (Å²) in [5.74, 6) is 0. The fourth-order valence-corrected chi connectivity index (χ4v) is 2.03. The Bertz CT molecular complexity index is 759. The van der Waals surface area contributed by atoms with E-state index in [0.717, 1.165) is 16.6 Å². The average molecular weight is 255 g/mol. The lowest BCUT2D eigenvalue weighted by Gasteiger charge is -1.99. The molecule has 0 saturated heterocycles. The quantitative estimate of drug-likeness (QED) is 0.628. The van der Waals surface area contributed by atoms with Gasteiger partial charge in [-0.05, 0) is 42.5 Å². The molecule has 1 aromatic carbocycles. The molecule has 18 heavy (non-hydrogen) atoms. The van der Waals surface area contributed by atoms with Crippen LogP contribution in [0.3, 0.4) is 0 Å². The highest BCUT2D eigenvalue weighted by atomic mass is 35.5. The van der Waals surface area contributed by atoms with E-state index < -0.39 is 0 Å². The highest BCUT2D eigenvalue weighted by Gasteiger charge is 1.92. The zero-order valence-electron chi connectivity index (χ0n) is 9.62. The number of pyridine rings is 2. The van der Waals surface area contributed by atoms with E-state index in [1.54, 1.807) is 0 Å². The first-order valence-corrected chi connectivity index (χ1v) is 6.06. The Morgan fingerprint density at radius 2 is 1.83 bits per heavy atom. The molecule has 0 atom stereocenters. The lowest BCUT2D eigenvalue weighted by molar-refractivity contribution is 1.14. The maximum absolute atomic E-state index is 5.94. The van der Waals surface area contributed by atoms with Crippen LogP contribution in [0.25, 0.3) is 5.52 Å². The number of fused-ring (bicyclic) bond motifs is 1. The number of hydrogen-bond acceptors (Lipinski definition) is 1. The van der Waals surface area contributed by atoms with E-state index in [0.29, 0.717) is 5.02 Å². The Kier molecular flexibility index (Phi) is 2.87. The summed E-state index contributed by atoms with van der Waals surface area (Å²) in [6.45, 7) is 0. The van der Waals surface area contributed by atoms with E-state index >= 15 is 0 Å². The first kappa shape index (κ1) is 11.1. The SMILES string of the molecule is Clc1cccc(N=c2ccn3ccccc3c2)c1. The Balaban J connectivity index is 2.14. The van der Waals surface area contributed by atoms with Crippen molar-refractivity contribution in [1.82, 2.24) is 4.40 Å². The normalized spacial score (nSPS) is 11.9. The fourth-order valence-electron chi connectivity index (χ4n) is 1.85. The summed E-state index contributed by atoms with van der Waals surface area (Å²) < 4.78 is 2.05. The van der Waals surface area contributed by atoms with Gasteiger partial charge in [-0.1, -0.05) is 23.7 Å². The van der Waals surface area contributed by atoms with Gasteiger partial charge in [0.1, 0.15) is 0 Å². The highest BCUT2D eigenvalue weighted by Crippen LogP contribution is 2.16. The molecule has 0 bridgehead atoms. The van der Waals surface area contributed by atoms with Gasteiger partial charge < -0.3 is 4.40 Å². The number of rotatable bonds is 1. The predicted octanol–water partition coefficient (Wildman–Crippen LogP) is 3.83. The maximum atomic E-state index is 5.94. The molecular weight excluding hydrogens is 244 g/mol. The molecular formula is C15H11ClN2. The van der Waals surface area contributed by atoms with Crippen molar-refractivity contribution in [2.75, 3.05) is 0 Å². The molecule has 88 valence electrons.